The van der Waals surface area contributed by atoms with E-state index in [1.54, 1.807) is 24.5 Å². The predicted molar refractivity (Wildman–Crippen MR) is 64.0 cm³/mol. The summed E-state index contributed by atoms with van der Waals surface area (Å²) in [7, 11) is 0. The summed E-state index contributed by atoms with van der Waals surface area (Å²) >= 11 is 5.72. The Bertz CT molecular complexity index is 526. The van der Waals surface area contributed by atoms with E-state index in [-0.39, 0.29) is 23.2 Å². The Morgan fingerprint density at radius 1 is 1.53 bits per heavy atom. The second-order valence-electron chi connectivity index (χ2n) is 3.42. The molecule has 0 aliphatic carbocycles. The highest BCUT2D eigenvalue weighted by atomic mass is 35.5. The summed E-state index contributed by atoms with van der Waals surface area (Å²) in [5, 5.41) is 16.0. The van der Waals surface area contributed by atoms with Crippen LogP contribution in [0.5, 0.6) is 5.75 Å². The minimum absolute atomic E-state index is 0.0169. The third kappa shape index (κ3) is 2.98. The van der Waals surface area contributed by atoms with Crippen LogP contribution in [0, 0.1) is 0 Å². The van der Waals surface area contributed by atoms with E-state index in [4.69, 9.17) is 11.6 Å². The number of nitrogens with zero attached hydrogens (tertiary/aromatic N) is 2. The zero-order valence-electron chi connectivity index (χ0n) is 8.80. The number of benzene rings is 1. The van der Waals surface area contributed by atoms with Gasteiger partial charge in [0.15, 0.2) is 0 Å². The molecule has 2 N–H and O–H groups in total. The van der Waals surface area contributed by atoms with Gasteiger partial charge in [0.05, 0.1) is 5.02 Å². The molecule has 0 unspecified atom stereocenters. The summed E-state index contributed by atoms with van der Waals surface area (Å²) in [6, 6.07) is 6.22. The number of carbonyl (C=O) groups excluding carboxylic acids is 1. The van der Waals surface area contributed by atoms with Crippen LogP contribution in [0.4, 0.5) is 5.69 Å². The quantitative estimate of drug-likeness (QED) is 0.819. The second kappa shape index (κ2) is 4.88. The minimum Gasteiger partial charge on any atom is -0.506 e. The molecule has 0 aliphatic rings. The Labute approximate surface area is 103 Å². The SMILES string of the molecule is O=C(Cn1cccn1)Nc1ccc(O)c(Cl)c1. The molecule has 1 aromatic carbocycles. The van der Waals surface area contributed by atoms with E-state index in [0.717, 1.165) is 0 Å². The van der Waals surface area contributed by atoms with Gasteiger partial charge in [0.2, 0.25) is 5.91 Å². The van der Waals surface area contributed by atoms with Crippen LogP contribution < -0.4 is 5.32 Å². The number of halogens is 1. The third-order valence-corrected chi connectivity index (χ3v) is 2.40. The first kappa shape index (κ1) is 11.5. The molecule has 0 radical (unpaired) electrons. The topological polar surface area (TPSA) is 67.2 Å². The van der Waals surface area contributed by atoms with Crippen molar-refractivity contribution in [3.05, 3.63) is 41.7 Å². The molecule has 0 saturated carbocycles. The standard InChI is InChI=1S/C11H10ClN3O2/c12-9-6-8(2-3-10(9)16)14-11(17)7-15-5-1-4-13-15/h1-6,16H,7H2,(H,14,17). The van der Waals surface area contributed by atoms with E-state index in [1.165, 1.54) is 16.8 Å². The molecule has 1 heterocycles. The number of rotatable bonds is 3. The molecule has 6 heteroatoms. The first-order valence-electron chi connectivity index (χ1n) is 4.91. The van der Waals surface area contributed by atoms with Gasteiger partial charge >= 0.3 is 0 Å². The zero-order valence-corrected chi connectivity index (χ0v) is 9.55. The highest BCUT2D eigenvalue weighted by molar-refractivity contribution is 6.32. The van der Waals surface area contributed by atoms with Crippen LogP contribution >= 0.6 is 11.6 Å². The average molecular weight is 252 g/mol. The van der Waals surface area contributed by atoms with Gasteiger partial charge in [-0.2, -0.15) is 5.10 Å². The Morgan fingerprint density at radius 3 is 3.00 bits per heavy atom. The lowest BCUT2D eigenvalue weighted by atomic mass is 10.3. The molecule has 2 aromatic rings. The van der Waals surface area contributed by atoms with Crippen molar-refractivity contribution in [3.63, 3.8) is 0 Å². The van der Waals surface area contributed by atoms with Gasteiger partial charge in [0, 0.05) is 18.1 Å². The lowest BCUT2D eigenvalue weighted by Gasteiger charge is -2.06. The molecule has 17 heavy (non-hydrogen) atoms. The smallest absolute Gasteiger partial charge is 0.246 e. The van der Waals surface area contributed by atoms with Gasteiger partial charge in [-0.25, -0.2) is 0 Å². The molecule has 5 nitrogen and oxygen atoms in total. The van der Waals surface area contributed by atoms with Crippen LogP contribution in [0.3, 0.4) is 0 Å². The number of nitrogens with one attached hydrogen (secondary N) is 1. The molecule has 88 valence electrons. The molecule has 2 rings (SSSR count). The Hall–Kier alpha value is -2.01. The normalized spacial score (nSPS) is 10.2. The predicted octanol–water partition coefficient (Wildman–Crippen LogP) is 1.88. The van der Waals surface area contributed by atoms with E-state index in [0.29, 0.717) is 5.69 Å². The van der Waals surface area contributed by atoms with Crippen molar-refractivity contribution < 1.29 is 9.90 Å². The molecule has 0 saturated heterocycles. The van der Waals surface area contributed by atoms with Crippen molar-refractivity contribution in [2.75, 3.05) is 5.32 Å². The number of anilines is 1. The summed E-state index contributed by atoms with van der Waals surface area (Å²) in [6.45, 7) is 0.130. The van der Waals surface area contributed by atoms with Crippen molar-refractivity contribution >= 4 is 23.2 Å². The van der Waals surface area contributed by atoms with Gasteiger partial charge < -0.3 is 10.4 Å². The number of hydrogen-bond acceptors (Lipinski definition) is 3. The van der Waals surface area contributed by atoms with Crippen LogP contribution in [0.2, 0.25) is 5.02 Å². The first-order valence-corrected chi connectivity index (χ1v) is 5.29. The fraction of sp³-hybridized carbons (Fsp3) is 0.0909. The highest BCUT2D eigenvalue weighted by Crippen LogP contribution is 2.25. The lowest BCUT2D eigenvalue weighted by Crippen LogP contribution is -2.18. The van der Waals surface area contributed by atoms with Crippen molar-refractivity contribution in [2.45, 2.75) is 6.54 Å². The van der Waals surface area contributed by atoms with E-state index in [9.17, 15) is 9.90 Å². The van der Waals surface area contributed by atoms with Gasteiger partial charge in [-0.05, 0) is 24.3 Å². The van der Waals surface area contributed by atoms with Gasteiger partial charge in [-0.3, -0.25) is 9.48 Å². The molecular weight excluding hydrogens is 242 g/mol. The van der Waals surface area contributed by atoms with Gasteiger partial charge in [0.25, 0.3) is 0 Å². The van der Waals surface area contributed by atoms with Crippen molar-refractivity contribution in [1.82, 2.24) is 9.78 Å². The fourth-order valence-electron chi connectivity index (χ4n) is 1.33. The van der Waals surface area contributed by atoms with Gasteiger partial charge in [-0.1, -0.05) is 11.6 Å². The number of aromatic nitrogens is 2. The van der Waals surface area contributed by atoms with Crippen LogP contribution in [0.1, 0.15) is 0 Å². The molecule has 0 spiro atoms. The van der Waals surface area contributed by atoms with Crippen molar-refractivity contribution in [2.24, 2.45) is 0 Å². The lowest BCUT2D eigenvalue weighted by molar-refractivity contribution is -0.116. The molecule has 1 amide bonds. The Kier molecular flexibility index (Phi) is 3.30. The molecule has 0 aliphatic heterocycles. The minimum atomic E-state index is -0.213. The summed E-state index contributed by atoms with van der Waals surface area (Å²) in [5.41, 5.74) is 0.532. The monoisotopic (exact) mass is 251 g/mol. The van der Waals surface area contributed by atoms with E-state index in [2.05, 4.69) is 10.4 Å². The molecule has 1 aromatic heterocycles. The molecular formula is C11H10ClN3O2. The van der Waals surface area contributed by atoms with Crippen LogP contribution in [0.25, 0.3) is 0 Å². The number of hydrogen-bond donors (Lipinski definition) is 2. The summed E-state index contributed by atoms with van der Waals surface area (Å²) < 4.78 is 1.51. The highest BCUT2D eigenvalue weighted by Gasteiger charge is 2.05. The van der Waals surface area contributed by atoms with Crippen molar-refractivity contribution in [1.29, 1.82) is 0 Å². The maximum absolute atomic E-state index is 11.6. The molecule has 0 fully saturated rings. The fourth-order valence-corrected chi connectivity index (χ4v) is 1.51. The summed E-state index contributed by atoms with van der Waals surface area (Å²) in [6.07, 6.45) is 3.30. The summed E-state index contributed by atoms with van der Waals surface area (Å²) in [4.78, 5) is 11.6. The molecule has 0 atom stereocenters. The van der Waals surface area contributed by atoms with Crippen LogP contribution in [-0.4, -0.2) is 20.8 Å². The Morgan fingerprint density at radius 2 is 2.35 bits per heavy atom. The number of aromatic hydroxyl groups is 1. The van der Waals surface area contributed by atoms with E-state index < -0.39 is 0 Å². The van der Waals surface area contributed by atoms with E-state index >= 15 is 0 Å². The maximum Gasteiger partial charge on any atom is 0.246 e. The number of carbonyl (C=O) groups is 1. The second-order valence-corrected chi connectivity index (χ2v) is 3.83. The third-order valence-electron chi connectivity index (χ3n) is 2.10. The van der Waals surface area contributed by atoms with Crippen LogP contribution in [0.15, 0.2) is 36.7 Å². The first-order chi connectivity index (χ1) is 8.15. The van der Waals surface area contributed by atoms with Gasteiger partial charge in [-0.15, -0.1) is 0 Å². The number of phenols is 1. The van der Waals surface area contributed by atoms with Crippen LogP contribution in [-0.2, 0) is 11.3 Å². The van der Waals surface area contributed by atoms with Gasteiger partial charge in [0.1, 0.15) is 12.3 Å². The Balaban J connectivity index is 2.00. The summed E-state index contributed by atoms with van der Waals surface area (Å²) in [5.74, 6) is -0.229. The average Bonchev–Trinajstić information content (AvgIpc) is 2.76. The molecule has 0 bridgehead atoms. The number of amides is 1. The van der Waals surface area contributed by atoms with E-state index in [1.807, 2.05) is 0 Å². The van der Waals surface area contributed by atoms with Crippen molar-refractivity contribution in [3.8, 4) is 5.75 Å². The number of phenolic OH excluding ortho intramolecular Hbond substituents is 1. The maximum atomic E-state index is 11.6. The zero-order chi connectivity index (χ0) is 12.3. The largest absolute Gasteiger partial charge is 0.506 e.